The molecule has 0 aromatic heterocycles. The lowest BCUT2D eigenvalue weighted by atomic mass is 10.2. The van der Waals surface area contributed by atoms with Crippen molar-refractivity contribution >= 4 is 35.8 Å². The van der Waals surface area contributed by atoms with Gasteiger partial charge in [0.25, 0.3) is 0 Å². The van der Waals surface area contributed by atoms with E-state index in [-0.39, 0.29) is 30.4 Å². The number of hydrogen-bond donors (Lipinski definition) is 1. The van der Waals surface area contributed by atoms with Crippen LogP contribution in [-0.2, 0) is 24.6 Å². The summed E-state index contributed by atoms with van der Waals surface area (Å²) in [6.45, 7) is 0.301. The molecule has 1 rings (SSSR count). The predicted molar refractivity (Wildman–Crippen MR) is 77.8 cm³/mol. The van der Waals surface area contributed by atoms with Gasteiger partial charge in [0.15, 0.2) is 0 Å². The molecule has 1 aliphatic heterocycles. The first-order valence-corrected chi connectivity index (χ1v) is 10.6. The van der Waals surface area contributed by atoms with Crippen LogP contribution in [0, 0.1) is 0 Å². The van der Waals surface area contributed by atoms with Crippen molar-refractivity contribution in [3.63, 3.8) is 0 Å². The summed E-state index contributed by atoms with van der Waals surface area (Å²) in [6, 6.07) is -0.284. The van der Waals surface area contributed by atoms with Crippen molar-refractivity contribution in [2.45, 2.75) is 30.6 Å². The summed E-state index contributed by atoms with van der Waals surface area (Å²) < 4.78 is 54.6. The standard InChI is InChI=1S/C10H20BrNO5S2/c1-17-8-9(2-5-11)12-19(15,16)10-3-6-18(13,14)7-4-10/h9-10,12H,2-8H2,1H3. The van der Waals surface area contributed by atoms with Gasteiger partial charge in [0.05, 0.1) is 23.4 Å². The Morgan fingerprint density at radius 1 is 1.37 bits per heavy atom. The molecule has 0 bridgehead atoms. The molecule has 1 saturated heterocycles. The van der Waals surface area contributed by atoms with Gasteiger partial charge < -0.3 is 4.74 Å². The molecule has 0 spiro atoms. The Morgan fingerprint density at radius 3 is 2.42 bits per heavy atom. The first-order valence-electron chi connectivity index (χ1n) is 6.07. The third-order valence-electron chi connectivity index (χ3n) is 3.10. The lowest BCUT2D eigenvalue weighted by molar-refractivity contribution is 0.173. The largest absolute Gasteiger partial charge is 0.383 e. The van der Waals surface area contributed by atoms with Crippen molar-refractivity contribution < 1.29 is 21.6 Å². The predicted octanol–water partition coefficient (Wildman–Crippen LogP) is 0.283. The maximum absolute atomic E-state index is 12.2. The first-order chi connectivity index (χ1) is 8.80. The van der Waals surface area contributed by atoms with E-state index in [0.29, 0.717) is 18.4 Å². The van der Waals surface area contributed by atoms with Gasteiger partial charge >= 0.3 is 0 Å². The minimum atomic E-state index is -3.49. The maximum atomic E-state index is 12.2. The number of hydrogen-bond acceptors (Lipinski definition) is 5. The molecule has 9 heteroatoms. The van der Waals surface area contributed by atoms with E-state index in [9.17, 15) is 16.8 Å². The SMILES string of the molecule is COCC(CCBr)NS(=O)(=O)C1CCS(=O)(=O)CC1. The highest BCUT2D eigenvalue weighted by atomic mass is 79.9. The van der Waals surface area contributed by atoms with Crippen molar-refractivity contribution in [2.75, 3.05) is 30.6 Å². The Balaban J connectivity index is 2.65. The normalized spacial score (nSPS) is 22.2. The fourth-order valence-corrected chi connectivity index (χ4v) is 6.06. The van der Waals surface area contributed by atoms with Crippen LogP contribution in [0.15, 0.2) is 0 Å². The minimum absolute atomic E-state index is 0.0496. The molecule has 1 fully saturated rings. The highest BCUT2D eigenvalue weighted by molar-refractivity contribution is 9.09. The Kier molecular flexibility index (Phi) is 6.71. The van der Waals surface area contributed by atoms with E-state index in [1.807, 2.05) is 0 Å². The Labute approximate surface area is 123 Å². The number of ether oxygens (including phenoxy) is 1. The second-order valence-electron chi connectivity index (χ2n) is 4.64. The quantitative estimate of drug-likeness (QED) is 0.643. The molecule has 1 N–H and O–H groups in total. The molecule has 1 unspecified atom stereocenters. The Morgan fingerprint density at radius 2 is 1.95 bits per heavy atom. The zero-order valence-electron chi connectivity index (χ0n) is 10.8. The van der Waals surface area contributed by atoms with Gasteiger partial charge in [-0.05, 0) is 19.3 Å². The average molecular weight is 378 g/mol. The van der Waals surface area contributed by atoms with E-state index in [1.54, 1.807) is 0 Å². The van der Waals surface area contributed by atoms with E-state index in [1.165, 1.54) is 7.11 Å². The Bertz CT molecular complexity index is 456. The maximum Gasteiger partial charge on any atom is 0.214 e. The molecule has 0 amide bonds. The summed E-state index contributed by atoms with van der Waals surface area (Å²) >= 11 is 3.27. The molecule has 1 heterocycles. The lowest BCUT2D eigenvalue weighted by Crippen LogP contribution is -2.45. The van der Waals surface area contributed by atoms with Crippen molar-refractivity contribution in [2.24, 2.45) is 0 Å². The summed E-state index contributed by atoms with van der Waals surface area (Å²) in [4.78, 5) is 0. The summed E-state index contributed by atoms with van der Waals surface area (Å²) in [5.74, 6) is -0.0993. The lowest BCUT2D eigenvalue weighted by Gasteiger charge is -2.25. The molecule has 0 aromatic carbocycles. The number of rotatable bonds is 7. The molecule has 114 valence electrons. The molecule has 1 atom stereocenters. The van der Waals surface area contributed by atoms with Crippen molar-refractivity contribution in [3.05, 3.63) is 0 Å². The third kappa shape index (κ3) is 5.66. The van der Waals surface area contributed by atoms with Crippen LogP contribution in [-0.4, -0.2) is 58.7 Å². The van der Waals surface area contributed by atoms with Gasteiger partial charge in [0.1, 0.15) is 9.84 Å². The highest BCUT2D eigenvalue weighted by Crippen LogP contribution is 2.19. The molecular weight excluding hydrogens is 358 g/mol. The van der Waals surface area contributed by atoms with Gasteiger partial charge in [-0.1, -0.05) is 15.9 Å². The van der Waals surface area contributed by atoms with Crippen LogP contribution in [0.5, 0.6) is 0 Å². The van der Waals surface area contributed by atoms with Crippen LogP contribution in [0.4, 0.5) is 0 Å². The number of nitrogens with one attached hydrogen (secondary N) is 1. The van der Waals surface area contributed by atoms with Crippen LogP contribution in [0.25, 0.3) is 0 Å². The zero-order chi connectivity index (χ0) is 14.5. The summed E-state index contributed by atoms with van der Waals surface area (Å²) in [5, 5.41) is 0.0495. The monoisotopic (exact) mass is 377 g/mol. The fourth-order valence-electron chi connectivity index (χ4n) is 2.02. The number of sulfonamides is 1. The fraction of sp³-hybridized carbons (Fsp3) is 1.00. The first kappa shape index (κ1) is 17.4. The summed E-state index contributed by atoms with van der Waals surface area (Å²) in [5.41, 5.74) is 0. The molecule has 19 heavy (non-hydrogen) atoms. The molecule has 1 aliphatic rings. The van der Waals surface area contributed by atoms with Crippen LogP contribution in [0.2, 0.25) is 0 Å². The van der Waals surface area contributed by atoms with Gasteiger partial charge in [0, 0.05) is 18.5 Å². The van der Waals surface area contributed by atoms with Crippen LogP contribution in [0.1, 0.15) is 19.3 Å². The van der Waals surface area contributed by atoms with E-state index in [0.717, 1.165) is 0 Å². The van der Waals surface area contributed by atoms with Gasteiger partial charge in [-0.15, -0.1) is 0 Å². The average Bonchev–Trinajstić information content (AvgIpc) is 2.28. The third-order valence-corrected chi connectivity index (χ3v) is 7.28. The van der Waals surface area contributed by atoms with Gasteiger partial charge in [-0.25, -0.2) is 21.6 Å². The molecular formula is C10H20BrNO5S2. The minimum Gasteiger partial charge on any atom is -0.383 e. The van der Waals surface area contributed by atoms with Crippen molar-refractivity contribution in [1.82, 2.24) is 4.72 Å². The molecule has 0 saturated carbocycles. The van der Waals surface area contributed by atoms with Crippen LogP contribution >= 0.6 is 15.9 Å². The van der Waals surface area contributed by atoms with Crippen molar-refractivity contribution in [3.8, 4) is 0 Å². The van der Waals surface area contributed by atoms with Crippen LogP contribution in [0.3, 0.4) is 0 Å². The molecule has 0 aromatic rings. The number of sulfone groups is 1. The summed E-state index contributed by atoms with van der Waals surface area (Å²) in [7, 11) is -5.03. The van der Waals surface area contributed by atoms with Gasteiger partial charge in [0.2, 0.25) is 10.0 Å². The smallest absolute Gasteiger partial charge is 0.214 e. The van der Waals surface area contributed by atoms with E-state index in [4.69, 9.17) is 4.74 Å². The van der Waals surface area contributed by atoms with E-state index in [2.05, 4.69) is 20.7 Å². The molecule has 0 radical (unpaired) electrons. The Hall–Kier alpha value is 0.300. The van der Waals surface area contributed by atoms with E-state index >= 15 is 0 Å². The zero-order valence-corrected chi connectivity index (χ0v) is 14.1. The molecule has 6 nitrogen and oxygen atoms in total. The number of methoxy groups -OCH3 is 1. The summed E-state index contributed by atoms with van der Waals surface area (Å²) in [6.07, 6.45) is 0.968. The van der Waals surface area contributed by atoms with E-state index < -0.39 is 25.1 Å². The molecule has 0 aliphatic carbocycles. The van der Waals surface area contributed by atoms with Crippen molar-refractivity contribution in [1.29, 1.82) is 0 Å². The van der Waals surface area contributed by atoms with Crippen LogP contribution < -0.4 is 4.72 Å². The second-order valence-corrected chi connectivity index (χ2v) is 9.73. The van der Waals surface area contributed by atoms with Gasteiger partial charge in [-0.3, -0.25) is 0 Å². The highest BCUT2D eigenvalue weighted by Gasteiger charge is 2.33. The number of alkyl halides is 1. The second kappa shape index (κ2) is 7.35. The number of halogens is 1. The topological polar surface area (TPSA) is 89.5 Å². The van der Waals surface area contributed by atoms with Gasteiger partial charge in [-0.2, -0.15) is 0 Å².